The molecule has 1 aromatic rings. The molecule has 0 aliphatic carbocycles. The average molecular weight is 295 g/mol. The standard InChI is InChI=1S/C13H17F3N2.ClH/c1-17-12-6-7-18(9-12)8-10-2-4-11(5-3-10)13(14,15)16;/h2-5,12,17H,6-9H2,1H3;1H. The highest BCUT2D eigenvalue weighted by molar-refractivity contribution is 5.85. The van der Waals surface area contributed by atoms with E-state index >= 15 is 0 Å². The molecule has 1 unspecified atom stereocenters. The second-order valence-corrected chi connectivity index (χ2v) is 4.70. The lowest BCUT2D eigenvalue weighted by molar-refractivity contribution is -0.137. The molecular weight excluding hydrogens is 277 g/mol. The molecule has 1 atom stereocenters. The van der Waals surface area contributed by atoms with E-state index in [1.807, 2.05) is 7.05 Å². The van der Waals surface area contributed by atoms with E-state index in [1.165, 1.54) is 0 Å². The number of halogens is 4. The van der Waals surface area contributed by atoms with E-state index in [2.05, 4.69) is 10.2 Å². The van der Waals surface area contributed by atoms with Gasteiger partial charge in [0.2, 0.25) is 0 Å². The Morgan fingerprint density at radius 3 is 2.37 bits per heavy atom. The monoisotopic (exact) mass is 294 g/mol. The third kappa shape index (κ3) is 4.37. The van der Waals surface area contributed by atoms with Crippen LogP contribution in [0, 0.1) is 0 Å². The molecule has 0 spiro atoms. The van der Waals surface area contributed by atoms with Gasteiger partial charge in [-0.3, -0.25) is 4.90 Å². The van der Waals surface area contributed by atoms with E-state index in [4.69, 9.17) is 0 Å². The van der Waals surface area contributed by atoms with Crippen LogP contribution >= 0.6 is 12.4 Å². The van der Waals surface area contributed by atoms with Crippen LogP contribution in [-0.4, -0.2) is 31.1 Å². The summed E-state index contributed by atoms with van der Waals surface area (Å²) in [5.74, 6) is 0. The first-order valence-electron chi connectivity index (χ1n) is 6.05. The highest BCUT2D eigenvalue weighted by Crippen LogP contribution is 2.29. The van der Waals surface area contributed by atoms with Gasteiger partial charge in [-0.2, -0.15) is 13.2 Å². The van der Waals surface area contributed by atoms with E-state index in [0.29, 0.717) is 6.04 Å². The quantitative estimate of drug-likeness (QED) is 0.922. The summed E-state index contributed by atoms with van der Waals surface area (Å²) in [6.45, 7) is 2.67. The summed E-state index contributed by atoms with van der Waals surface area (Å²) in [7, 11) is 1.94. The molecule has 1 aliphatic heterocycles. The van der Waals surface area contributed by atoms with Crippen LogP contribution < -0.4 is 5.32 Å². The number of alkyl halides is 3. The molecule has 6 heteroatoms. The van der Waals surface area contributed by atoms with Gasteiger partial charge in [0, 0.05) is 25.7 Å². The van der Waals surface area contributed by atoms with Crippen molar-refractivity contribution in [2.45, 2.75) is 25.2 Å². The fourth-order valence-corrected chi connectivity index (χ4v) is 2.27. The van der Waals surface area contributed by atoms with E-state index in [9.17, 15) is 13.2 Å². The second kappa shape index (κ2) is 6.59. The second-order valence-electron chi connectivity index (χ2n) is 4.70. The molecular formula is C13H18ClF3N2. The van der Waals surface area contributed by atoms with Crippen molar-refractivity contribution in [2.24, 2.45) is 0 Å². The molecule has 1 saturated heterocycles. The van der Waals surface area contributed by atoms with Gasteiger partial charge in [-0.25, -0.2) is 0 Å². The van der Waals surface area contributed by atoms with Crippen molar-refractivity contribution in [2.75, 3.05) is 20.1 Å². The maximum Gasteiger partial charge on any atom is 0.416 e. The number of benzene rings is 1. The Labute approximate surface area is 117 Å². The van der Waals surface area contributed by atoms with Crippen molar-refractivity contribution < 1.29 is 13.2 Å². The zero-order valence-corrected chi connectivity index (χ0v) is 11.5. The third-order valence-corrected chi connectivity index (χ3v) is 3.37. The fraction of sp³-hybridized carbons (Fsp3) is 0.538. The van der Waals surface area contributed by atoms with Crippen LogP contribution in [0.25, 0.3) is 0 Å². The first kappa shape index (κ1) is 16.3. The Morgan fingerprint density at radius 1 is 1.26 bits per heavy atom. The lowest BCUT2D eigenvalue weighted by atomic mass is 10.1. The molecule has 0 saturated carbocycles. The average Bonchev–Trinajstić information content (AvgIpc) is 2.76. The molecule has 1 N–H and O–H groups in total. The molecule has 2 nitrogen and oxygen atoms in total. The normalized spacial score (nSPS) is 20.3. The number of likely N-dealkylation sites (tertiary alicyclic amines) is 1. The van der Waals surface area contributed by atoms with E-state index in [1.54, 1.807) is 12.1 Å². The SMILES string of the molecule is CNC1CCN(Cc2ccc(C(F)(F)F)cc2)C1.Cl. The summed E-state index contributed by atoms with van der Waals surface area (Å²) in [5.41, 5.74) is 0.348. The zero-order chi connectivity index (χ0) is 13.2. The molecule has 2 rings (SSSR count). The van der Waals surface area contributed by atoms with Crippen molar-refractivity contribution in [3.05, 3.63) is 35.4 Å². The van der Waals surface area contributed by atoms with Gasteiger partial charge in [0.1, 0.15) is 0 Å². The first-order valence-corrected chi connectivity index (χ1v) is 6.05. The number of rotatable bonds is 3. The highest BCUT2D eigenvalue weighted by Gasteiger charge is 2.30. The zero-order valence-electron chi connectivity index (χ0n) is 10.7. The molecule has 0 aromatic heterocycles. The Kier molecular flexibility index (Phi) is 5.64. The first-order chi connectivity index (χ1) is 8.49. The minimum absolute atomic E-state index is 0. The van der Waals surface area contributed by atoms with E-state index < -0.39 is 11.7 Å². The summed E-state index contributed by atoms with van der Waals surface area (Å²) in [6.07, 6.45) is -3.15. The largest absolute Gasteiger partial charge is 0.416 e. The van der Waals surface area contributed by atoms with Gasteiger partial charge in [-0.15, -0.1) is 12.4 Å². The smallest absolute Gasteiger partial charge is 0.316 e. The number of nitrogens with zero attached hydrogens (tertiary/aromatic N) is 1. The highest BCUT2D eigenvalue weighted by atomic mass is 35.5. The molecule has 1 aromatic carbocycles. The van der Waals surface area contributed by atoms with Gasteiger partial charge < -0.3 is 5.32 Å². The molecule has 1 fully saturated rings. The molecule has 0 amide bonds. The predicted octanol–water partition coefficient (Wildman–Crippen LogP) is 2.92. The van der Waals surface area contributed by atoms with Crippen LogP contribution in [0.15, 0.2) is 24.3 Å². The van der Waals surface area contributed by atoms with Crippen molar-refractivity contribution in [3.8, 4) is 0 Å². The molecule has 19 heavy (non-hydrogen) atoms. The van der Waals surface area contributed by atoms with Crippen molar-refractivity contribution in [1.29, 1.82) is 0 Å². The molecule has 1 heterocycles. The lowest BCUT2D eigenvalue weighted by Crippen LogP contribution is -2.29. The van der Waals surface area contributed by atoms with Gasteiger partial charge in [-0.05, 0) is 31.2 Å². The van der Waals surface area contributed by atoms with Crippen LogP contribution in [0.3, 0.4) is 0 Å². The van der Waals surface area contributed by atoms with Gasteiger partial charge in [0.05, 0.1) is 5.56 Å². The van der Waals surface area contributed by atoms with Gasteiger partial charge in [0.15, 0.2) is 0 Å². The number of hydrogen-bond donors (Lipinski definition) is 1. The summed E-state index contributed by atoms with van der Waals surface area (Å²) < 4.78 is 37.2. The Balaban J connectivity index is 0.00000180. The Bertz CT molecular complexity index is 392. The van der Waals surface area contributed by atoms with Crippen LogP contribution in [0.1, 0.15) is 17.5 Å². The summed E-state index contributed by atoms with van der Waals surface area (Å²) in [6, 6.07) is 5.94. The molecule has 1 aliphatic rings. The van der Waals surface area contributed by atoms with Crippen LogP contribution in [0.5, 0.6) is 0 Å². The van der Waals surface area contributed by atoms with Crippen molar-refractivity contribution in [1.82, 2.24) is 10.2 Å². The van der Waals surface area contributed by atoms with Gasteiger partial charge >= 0.3 is 6.18 Å². The Hall–Kier alpha value is -0.780. The minimum Gasteiger partial charge on any atom is -0.316 e. The molecule has 0 bridgehead atoms. The van der Waals surface area contributed by atoms with Gasteiger partial charge in [-0.1, -0.05) is 12.1 Å². The maximum atomic E-state index is 12.4. The number of likely N-dealkylation sites (N-methyl/N-ethyl adjacent to an activating group) is 1. The van der Waals surface area contributed by atoms with Crippen molar-refractivity contribution in [3.63, 3.8) is 0 Å². The molecule has 0 radical (unpaired) electrons. The topological polar surface area (TPSA) is 15.3 Å². The number of nitrogens with one attached hydrogen (secondary N) is 1. The summed E-state index contributed by atoms with van der Waals surface area (Å²) >= 11 is 0. The Morgan fingerprint density at radius 2 is 1.89 bits per heavy atom. The summed E-state index contributed by atoms with van der Waals surface area (Å²) in [5, 5.41) is 3.22. The van der Waals surface area contributed by atoms with Crippen LogP contribution in [-0.2, 0) is 12.7 Å². The van der Waals surface area contributed by atoms with Crippen LogP contribution in [0.4, 0.5) is 13.2 Å². The van der Waals surface area contributed by atoms with Crippen molar-refractivity contribution >= 4 is 12.4 Å². The maximum absolute atomic E-state index is 12.4. The van der Waals surface area contributed by atoms with Gasteiger partial charge in [0.25, 0.3) is 0 Å². The fourth-order valence-electron chi connectivity index (χ4n) is 2.27. The lowest BCUT2D eigenvalue weighted by Gasteiger charge is -2.16. The number of hydrogen-bond acceptors (Lipinski definition) is 2. The third-order valence-electron chi connectivity index (χ3n) is 3.37. The minimum atomic E-state index is -4.25. The van der Waals surface area contributed by atoms with Crippen LogP contribution in [0.2, 0.25) is 0 Å². The van der Waals surface area contributed by atoms with E-state index in [-0.39, 0.29) is 12.4 Å². The predicted molar refractivity (Wildman–Crippen MR) is 71.4 cm³/mol. The summed E-state index contributed by atoms with van der Waals surface area (Å²) in [4.78, 5) is 2.25. The molecule has 108 valence electrons. The van der Waals surface area contributed by atoms with E-state index in [0.717, 1.165) is 43.8 Å².